The van der Waals surface area contributed by atoms with Crippen molar-refractivity contribution in [1.82, 2.24) is 5.27 Å². The molecule has 0 bridgehead atoms. The van der Waals surface area contributed by atoms with Crippen LogP contribution in [0.25, 0.3) is 0 Å². The molecule has 0 spiro atoms. The average molecular weight is 248 g/mol. The smallest absolute Gasteiger partial charge is 0.320 e. The fourth-order valence-electron chi connectivity index (χ4n) is 1.71. The van der Waals surface area contributed by atoms with Crippen molar-refractivity contribution in [2.24, 2.45) is 0 Å². The van der Waals surface area contributed by atoms with Crippen LogP contribution in [0.15, 0.2) is 33.7 Å². The third-order valence-electron chi connectivity index (χ3n) is 2.58. The van der Waals surface area contributed by atoms with E-state index in [1.807, 2.05) is 32.0 Å². The van der Waals surface area contributed by atoms with Crippen molar-refractivity contribution in [2.45, 2.75) is 20.4 Å². The lowest BCUT2D eigenvalue weighted by atomic mass is 10.1. The predicted octanol–water partition coefficient (Wildman–Crippen LogP) is 0.511. The number of aryl methyl sites for hydroxylation is 2. The van der Waals surface area contributed by atoms with Gasteiger partial charge in [-0.15, -0.1) is 0 Å². The number of benzene rings is 1. The Kier molecular flexibility index (Phi) is 3.27. The van der Waals surface area contributed by atoms with Crippen LogP contribution in [-0.4, -0.2) is 11.2 Å². The maximum Gasteiger partial charge on any atom is 0.426 e. The van der Waals surface area contributed by atoms with Gasteiger partial charge in [0, 0.05) is 5.69 Å². The second-order valence-electron chi connectivity index (χ2n) is 4.08. The lowest BCUT2D eigenvalue weighted by Crippen LogP contribution is -2.41. The summed E-state index contributed by atoms with van der Waals surface area (Å²) in [5.74, 6) is -0.227. The van der Waals surface area contributed by atoms with Gasteiger partial charge in [-0.3, -0.25) is 9.32 Å². The monoisotopic (exact) mass is 248 g/mol. The van der Waals surface area contributed by atoms with Crippen LogP contribution in [0.5, 0.6) is 0 Å². The van der Waals surface area contributed by atoms with Gasteiger partial charge in [-0.2, -0.15) is 0 Å². The second kappa shape index (κ2) is 4.87. The number of amides is 1. The van der Waals surface area contributed by atoms with Gasteiger partial charge in [-0.1, -0.05) is 22.9 Å². The number of hydrogen-bond acceptors (Lipinski definition) is 3. The minimum absolute atomic E-state index is 0.000482. The summed E-state index contributed by atoms with van der Waals surface area (Å²) in [6.07, 6.45) is 1.18. The van der Waals surface area contributed by atoms with Gasteiger partial charge in [0.25, 0.3) is 18.6 Å². The molecule has 2 aromatic rings. The first-order chi connectivity index (χ1) is 8.56. The molecule has 0 atom stereocenters. The molecule has 2 N–H and O–H groups in total. The van der Waals surface area contributed by atoms with E-state index in [1.54, 1.807) is 0 Å². The van der Waals surface area contributed by atoms with Gasteiger partial charge in [0.15, 0.2) is 0 Å². The Morgan fingerprint density at radius 3 is 2.61 bits per heavy atom. The molecule has 0 aliphatic rings. The van der Waals surface area contributed by atoms with Crippen molar-refractivity contribution in [1.29, 1.82) is 0 Å². The molecule has 1 amide bonds. The van der Waals surface area contributed by atoms with Crippen LogP contribution >= 0.6 is 0 Å². The SMILES string of the molecule is Cc1cccc(C)c1NC(=O)C[n+]1cc(=O)o[nH]1. The minimum Gasteiger partial charge on any atom is -0.320 e. The molecule has 1 heterocycles. The largest absolute Gasteiger partial charge is 0.426 e. The van der Waals surface area contributed by atoms with Crippen molar-refractivity contribution in [2.75, 3.05) is 5.32 Å². The Morgan fingerprint density at radius 1 is 1.39 bits per heavy atom. The molecular formula is C12H14N3O3+. The molecule has 94 valence electrons. The summed E-state index contributed by atoms with van der Waals surface area (Å²) in [6, 6.07) is 5.79. The van der Waals surface area contributed by atoms with Gasteiger partial charge < -0.3 is 5.32 Å². The second-order valence-corrected chi connectivity index (χ2v) is 4.08. The fourth-order valence-corrected chi connectivity index (χ4v) is 1.71. The number of nitrogens with one attached hydrogen (secondary N) is 2. The zero-order chi connectivity index (χ0) is 13.1. The molecule has 0 aliphatic carbocycles. The number of hydrogen-bond donors (Lipinski definition) is 2. The Labute approximate surface area is 103 Å². The number of nitrogens with zero attached hydrogens (tertiary/aromatic N) is 1. The number of rotatable bonds is 3. The van der Waals surface area contributed by atoms with Crippen LogP contribution in [0.1, 0.15) is 11.1 Å². The van der Waals surface area contributed by atoms with Gasteiger partial charge in [-0.05, 0) is 30.2 Å². The van der Waals surface area contributed by atoms with E-state index < -0.39 is 5.63 Å². The summed E-state index contributed by atoms with van der Waals surface area (Å²) < 4.78 is 5.75. The zero-order valence-corrected chi connectivity index (χ0v) is 10.2. The molecule has 6 heteroatoms. The topological polar surface area (TPSA) is 79.0 Å². The van der Waals surface area contributed by atoms with Crippen LogP contribution in [0.4, 0.5) is 5.69 Å². The first-order valence-electron chi connectivity index (χ1n) is 5.50. The third-order valence-corrected chi connectivity index (χ3v) is 2.58. The summed E-state index contributed by atoms with van der Waals surface area (Å²) in [4.78, 5) is 22.6. The Morgan fingerprint density at radius 2 is 2.06 bits per heavy atom. The maximum atomic E-state index is 11.8. The summed E-state index contributed by atoms with van der Waals surface area (Å²) in [5, 5.41) is 5.13. The van der Waals surface area contributed by atoms with Crippen LogP contribution in [0, 0.1) is 13.8 Å². The first kappa shape index (κ1) is 12.1. The van der Waals surface area contributed by atoms with E-state index in [0.717, 1.165) is 16.8 Å². The average Bonchev–Trinajstić information content (AvgIpc) is 2.69. The Hall–Kier alpha value is -2.37. The third kappa shape index (κ3) is 2.65. The molecule has 0 saturated heterocycles. The van der Waals surface area contributed by atoms with Crippen LogP contribution < -0.4 is 15.6 Å². The summed E-state index contributed by atoms with van der Waals surface area (Å²) in [5.41, 5.74) is 2.27. The van der Waals surface area contributed by atoms with E-state index in [-0.39, 0.29) is 12.5 Å². The molecule has 1 aromatic heterocycles. The molecule has 0 fully saturated rings. The van der Waals surface area contributed by atoms with Crippen molar-refractivity contribution in [3.63, 3.8) is 0 Å². The summed E-state index contributed by atoms with van der Waals surface area (Å²) >= 11 is 0. The van der Waals surface area contributed by atoms with Crippen LogP contribution in [-0.2, 0) is 11.3 Å². The highest BCUT2D eigenvalue weighted by Gasteiger charge is 2.14. The molecule has 1 aromatic carbocycles. The molecule has 0 unspecified atom stereocenters. The van der Waals surface area contributed by atoms with E-state index in [9.17, 15) is 9.59 Å². The highest BCUT2D eigenvalue weighted by molar-refractivity contribution is 5.91. The molecular weight excluding hydrogens is 234 g/mol. The van der Waals surface area contributed by atoms with Crippen LogP contribution in [0.3, 0.4) is 0 Å². The highest BCUT2D eigenvalue weighted by atomic mass is 16.5. The molecule has 0 radical (unpaired) electrons. The van der Waals surface area contributed by atoms with Gasteiger partial charge >= 0.3 is 5.63 Å². The van der Waals surface area contributed by atoms with Gasteiger partial charge in [0.1, 0.15) is 0 Å². The van der Waals surface area contributed by atoms with Gasteiger partial charge in [-0.25, -0.2) is 4.79 Å². The summed E-state index contributed by atoms with van der Waals surface area (Å²) in [6.45, 7) is 3.85. The molecule has 6 nitrogen and oxygen atoms in total. The van der Waals surface area contributed by atoms with E-state index in [2.05, 4.69) is 15.1 Å². The summed E-state index contributed by atoms with van der Waals surface area (Å²) in [7, 11) is 0. The van der Waals surface area contributed by atoms with Crippen molar-refractivity contribution in [3.05, 3.63) is 45.9 Å². The molecule has 0 aliphatic heterocycles. The first-order valence-corrected chi connectivity index (χ1v) is 5.50. The number of carbonyl (C=O) groups excluding carboxylic acids is 1. The van der Waals surface area contributed by atoms with E-state index in [0.29, 0.717) is 0 Å². The van der Waals surface area contributed by atoms with E-state index >= 15 is 0 Å². The standard InChI is InChI=1S/C12H13N3O3/c1-8-4-3-5-9(2)12(8)13-10(16)6-15-7-11(17)18-14-15/h3-5,7H,6H2,1-2H3,(H-,13,14,16,17)/p+1. The van der Waals surface area contributed by atoms with Gasteiger partial charge in [0.05, 0.1) is 0 Å². The normalized spacial score (nSPS) is 10.3. The zero-order valence-electron chi connectivity index (χ0n) is 10.2. The minimum atomic E-state index is -0.519. The molecule has 18 heavy (non-hydrogen) atoms. The van der Waals surface area contributed by atoms with Gasteiger partial charge in [0.2, 0.25) is 0 Å². The number of H-pyrrole nitrogens is 1. The molecule has 0 saturated carbocycles. The lowest BCUT2D eigenvalue weighted by Gasteiger charge is -2.09. The molecule has 2 rings (SSSR count). The number of aromatic amines is 1. The van der Waals surface area contributed by atoms with Crippen molar-refractivity contribution < 1.29 is 14.0 Å². The number of para-hydroxylation sites is 1. The Bertz CT molecular complexity index is 607. The Balaban J connectivity index is 2.10. The highest BCUT2D eigenvalue weighted by Crippen LogP contribution is 2.18. The fraction of sp³-hybridized carbons (Fsp3) is 0.250. The number of carbonyl (C=O) groups is 1. The van der Waals surface area contributed by atoms with Crippen LogP contribution in [0.2, 0.25) is 0 Å². The predicted molar refractivity (Wildman–Crippen MR) is 64.1 cm³/mol. The number of anilines is 1. The number of aromatic nitrogens is 2. The maximum absolute atomic E-state index is 11.8. The lowest BCUT2D eigenvalue weighted by molar-refractivity contribution is -0.750. The van der Waals surface area contributed by atoms with Crippen molar-refractivity contribution >= 4 is 11.6 Å². The van der Waals surface area contributed by atoms with E-state index in [4.69, 9.17) is 0 Å². The van der Waals surface area contributed by atoms with Crippen molar-refractivity contribution in [3.8, 4) is 0 Å². The quantitative estimate of drug-likeness (QED) is 0.777. The van der Waals surface area contributed by atoms with E-state index in [1.165, 1.54) is 10.9 Å².